The first-order chi connectivity index (χ1) is 6.07. The molecule has 4 nitrogen and oxygen atoms in total. The van der Waals surface area contributed by atoms with Crippen molar-refractivity contribution in [1.82, 2.24) is 0 Å². The second-order valence-corrected chi connectivity index (χ2v) is 5.07. The maximum atomic E-state index is 11.3. The lowest BCUT2D eigenvalue weighted by Gasteiger charge is -2.22. The zero-order valence-corrected chi connectivity index (χ0v) is 9.38. The Bertz CT molecular complexity index is 235. The van der Waals surface area contributed by atoms with Crippen LogP contribution < -0.4 is 0 Å². The van der Waals surface area contributed by atoms with Crippen LogP contribution in [0.2, 0.25) is 0 Å². The number of aliphatic carboxylic acids is 1. The van der Waals surface area contributed by atoms with Crippen LogP contribution in [0.1, 0.15) is 34.6 Å². The lowest BCUT2D eigenvalue weighted by Crippen LogP contribution is -2.36. The number of esters is 1. The number of carboxylic acids is 1. The van der Waals surface area contributed by atoms with E-state index in [-0.39, 0.29) is 12.0 Å². The highest BCUT2D eigenvalue weighted by Gasteiger charge is 2.38. The number of hydrogen-bond donors (Lipinski definition) is 1. The van der Waals surface area contributed by atoms with Gasteiger partial charge in [-0.15, -0.1) is 0 Å². The van der Waals surface area contributed by atoms with E-state index in [2.05, 4.69) is 0 Å². The minimum absolute atomic E-state index is 0.149. The van der Waals surface area contributed by atoms with E-state index in [1.165, 1.54) is 13.8 Å². The Morgan fingerprint density at radius 2 is 1.57 bits per heavy atom. The number of carbonyl (C=O) groups is 2. The molecule has 0 amide bonds. The summed E-state index contributed by atoms with van der Waals surface area (Å²) in [7, 11) is 0. The van der Waals surface area contributed by atoms with Gasteiger partial charge in [0.2, 0.25) is 0 Å². The topological polar surface area (TPSA) is 63.6 Å². The van der Waals surface area contributed by atoms with Gasteiger partial charge < -0.3 is 9.84 Å². The van der Waals surface area contributed by atoms with E-state index >= 15 is 0 Å². The minimum atomic E-state index is -1.47. The van der Waals surface area contributed by atoms with Crippen molar-refractivity contribution in [3.05, 3.63) is 0 Å². The predicted molar refractivity (Wildman–Crippen MR) is 51.8 cm³/mol. The average Bonchev–Trinajstić information content (AvgIpc) is 1.98. The number of hydrogen-bond acceptors (Lipinski definition) is 3. The molecule has 0 fully saturated rings. The molecule has 0 atom stereocenters. The van der Waals surface area contributed by atoms with Gasteiger partial charge in [0, 0.05) is 0 Å². The van der Waals surface area contributed by atoms with Gasteiger partial charge in [0.25, 0.3) is 0 Å². The Kier molecular flexibility index (Phi) is 3.68. The molecule has 0 aromatic heterocycles. The Morgan fingerprint density at radius 3 is 1.86 bits per heavy atom. The smallest absolute Gasteiger partial charge is 0.322 e. The van der Waals surface area contributed by atoms with E-state index in [4.69, 9.17) is 9.84 Å². The Morgan fingerprint density at radius 1 is 1.14 bits per heavy atom. The van der Waals surface area contributed by atoms with Gasteiger partial charge in [-0.25, -0.2) is 0 Å². The Hall–Kier alpha value is -1.06. The molecule has 0 aliphatic carbocycles. The van der Waals surface area contributed by atoms with Crippen molar-refractivity contribution in [2.45, 2.75) is 34.6 Å². The van der Waals surface area contributed by atoms with E-state index in [1.54, 1.807) is 0 Å². The van der Waals surface area contributed by atoms with Crippen molar-refractivity contribution >= 4 is 11.9 Å². The summed E-state index contributed by atoms with van der Waals surface area (Å²) in [6.45, 7) is 8.62. The third-order valence-electron chi connectivity index (χ3n) is 1.68. The van der Waals surface area contributed by atoms with Crippen molar-refractivity contribution in [1.29, 1.82) is 0 Å². The van der Waals surface area contributed by atoms with Gasteiger partial charge in [-0.05, 0) is 19.3 Å². The summed E-state index contributed by atoms with van der Waals surface area (Å²) in [6.07, 6.45) is 0. The molecule has 0 unspecified atom stereocenters. The third-order valence-corrected chi connectivity index (χ3v) is 1.68. The van der Waals surface area contributed by atoms with Gasteiger partial charge in [0.15, 0.2) is 5.41 Å². The SMILES string of the molecule is CC(C)(C)COC(=O)C(C)(C)C(=O)O. The summed E-state index contributed by atoms with van der Waals surface area (Å²) < 4.78 is 4.91. The average molecular weight is 202 g/mol. The van der Waals surface area contributed by atoms with Crippen LogP contribution in [-0.2, 0) is 14.3 Å². The van der Waals surface area contributed by atoms with E-state index < -0.39 is 17.4 Å². The first-order valence-corrected chi connectivity index (χ1v) is 4.48. The van der Waals surface area contributed by atoms with Crippen LogP contribution in [0.3, 0.4) is 0 Å². The number of carbonyl (C=O) groups excluding carboxylic acids is 1. The molecule has 0 aliphatic heterocycles. The maximum absolute atomic E-state index is 11.3. The minimum Gasteiger partial charge on any atom is -0.480 e. The van der Waals surface area contributed by atoms with Crippen molar-refractivity contribution in [3.63, 3.8) is 0 Å². The van der Waals surface area contributed by atoms with Gasteiger partial charge in [0.1, 0.15) is 0 Å². The lowest BCUT2D eigenvalue weighted by molar-refractivity contribution is -0.167. The van der Waals surface area contributed by atoms with Crippen LogP contribution in [0, 0.1) is 10.8 Å². The molecule has 0 aromatic rings. The molecule has 82 valence electrons. The molecule has 0 radical (unpaired) electrons. The molecule has 0 saturated carbocycles. The fourth-order valence-electron chi connectivity index (χ4n) is 0.550. The number of rotatable bonds is 3. The molecule has 0 bridgehead atoms. The van der Waals surface area contributed by atoms with Gasteiger partial charge >= 0.3 is 11.9 Å². The molecule has 0 spiro atoms. The van der Waals surface area contributed by atoms with Crippen molar-refractivity contribution in [3.8, 4) is 0 Å². The fraction of sp³-hybridized carbons (Fsp3) is 0.800. The van der Waals surface area contributed by atoms with Crippen LogP contribution in [0.25, 0.3) is 0 Å². The molecule has 0 heterocycles. The molecule has 1 N–H and O–H groups in total. The molecule has 4 heteroatoms. The normalized spacial score (nSPS) is 12.4. The molecule has 0 aliphatic rings. The largest absolute Gasteiger partial charge is 0.480 e. The zero-order chi connectivity index (χ0) is 11.6. The van der Waals surface area contributed by atoms with Crippen molar-refractivity contribution in [2.24, 2.45) is 10.8 Å². The molecule has 14 heavy (non-hydrogen) atoms. The van der Waals surface area contributed by atoms with Crippen molar-refractivity contribution < 1.29 is 19.4 Å². The highest BCUT2D eigenvalue weighted by atomic mass is 16.5. The van der Waals surface area contributed by atoms with E-state index in [0.29, 0.717) is 0 Å². The summed E-state index contributed by atoms with van der Waals surface area (Å²) in [4.78, 5) is 22.0. The molecular formula is C10H18O4. The maximum Gasteiger partial charge on any atom is 0.322 e. The lowest BCUT2D eigenvalue weighted by atomic mass is 9.93. The van der Waals surface area contributed by atoms with Gasteiger partial charge in [0.05, 0.1) is 6.61 Å². The zero-order valence-electron chi connectivity index (χ0n) is 9.38. The van der Waals surface area contributed by atoms with Crippen LogP contribution in [0.5, 0.6) is 0 Å². The molecular weight excluding hydrogens is 184 g/mol. The first-order valence-electron chi connectivity index (χ1n) is 4.48. The second-order valence-electron chi connectivity index (χ2n) is 5.07. The Labute approximate surface area is 84.3 Å². The summed E-state index contributed by atoms with van der Waals surface area (Å²) in [5.41, 5.74) is -1.62. The predicted octanol–water partition coefficient (Wildman–Crippen LogP) is 1.69. The van der Waals surface area contributed by atoms with Crippen LogP contribution in [0.15, 0.2) is 0 Å². The van der Waals surface area contributed by atoms with Gasteiger partial charge in [-0.1, -0.05) is 20.8 Å². The van der Waals surface area contributed by atoms with E-state index in [9.17, 15) is 9.59 Å². The van der Waals surface area contributed by atoms with Crippen LogP contribution >= 0.6 is 0 Å². The van der Waals surface area contributed by atoms with Crippen LogP contribution in [0.4, 0.5) is 0 Å². The monoisotopic (exact) mass is 202 g/mol. The van der Waals surface area contributed by atoms with Crippen molar-refractivity contribution in [2.75, 3.05) is 6.61 Å². The molecule has 0 aromatic carbocycles. The fourth-order valence-corrected chi connectivity index (χ4v) is 0.550. The Balaban J connectivity index is 4.30. The molecule has 0 saturated heterocycles. The molecule has 0 rings (SSSR count). The first kappa shape index (κ1) is 12.9. The summed E-state index contributed by atoms with van der Waals surface area (Å²) in [5, 5.41) is 8.74. The highest BCUT2D eigenvalue weighted by molar-refractivity contribution is 5.98. The summed E-state index contributed by atoms with van der Waals surface area (Å²) in [5.74, 6) is -1.86. The van der Waals surface area contributed by atoms with Gasteiger partial charge in [-0.2, -0.15) is 0 Å². The standard InChI is InChI=1S/C10H18O4/c1-9(2,3)6-14-8(13)10(4,5)7(11)12/h6H2,1-5H3,(H,11,12). The highest BCUT2D eigenvalue weighted by Crippen LogP contribution is 2.20. The number of carboxylic acid groups (broad SMARTS) is 1. The number of ether oxygens (including phenoxy) is 1. The van der Waals surface area contributed by atoms with E-state index in [1.807, 2.05) is 20.8 Å². The van der Waals surface area contributed by atoms with Gasteiger partial charge in [-0.3, -0.25) is 9.59 Å². The second kappa shape index (κ2) is 3.98. The van der Waals surface area contributed by atoms with Crippen LogP contribution in [-0.4, -0.2) is 23.7 Å². The quantitative estimate of drug-likeness (QED) is 0.558. The summed E-state index contributed by atoms with van der Waals surface area (Å²) >= 11 is 0. The van der Waals surface area contributed by atoms with E-state index in [0.717, 1.165) is 0 Å². The third kappa shape index (κ3) is 3.77. The summed E-state index contributed by atoms with van der Waals surface area (Å²) in [6, 6.07) is 0.